The Kier molecular flexibility index (Phi) is 5.91. The zero-order chi connectivity index (χ0) is 17.6. The van der Waals surface area contributed by atoms with Gasteiger partial charge in [0.2, 0.25) is 5.13 Å². The first-order chi connectivity index (χ1) is 12.1. The van der Waals surface area contributed by atoms with Crippen LogP contribution in [0.15, 0.2) is 52.9 Å². The molecule has 1 N–H and O–H groups in total. The molecule has 25 heavy (non-hydrogen) atoms. The van der Waals surface area contributed by atoms with E-state index in [1.165, 1.54) is 11.3 Å². The second kappa shape index (κ2) is 8.34. The van der Waals surface area contributed by atoms with Crippen LogP contribution in [-0.2, 0) is 6.61 Å². The molecule has 0 aliphatic rings. The number of nitrogens with zero attached hydrogens (tertiary/aromatic N) is 2. The van der Waals surface area contributed by atoms with Crippen molar-refractivity contribution in [2.45, 2.75) is 13.5 Å². The Morgan fingerprint density at radius 2 is 1.96 bits per heavy atom. The average molecular weight is 392 g/mol. The van der Waals surface area contributed by atoms with Gasteiger partial charge in [-0.3, -0.25) is 5.43 Å². The van der Waals surface area contributed by atoms with Crippen LogP contribution >= 0.6 is 34.5 Å². The van der Waals surface area contributed by atoms with E-state index in [1.807, 2.05) is 42.6 Å². The number of thiazole rings is 1. The number of ether oxygens (including phenoxy) is 1. The van der Waals surface area contributed by atoms with E-state index in [2.05, 4.69) is 15.5 Å². The molecular formula is C18H15Cl2N3OS. The van der Waals surface area contributed by atoms with Crippen molar-refractivity contribution in [1.82, 2.24) is 4.98 Å². The Hall–Kier alpha value is -2.08. The van der Waals surface area contributed by atoms with Gasteiger partial charge in [-0.05, 0) is 54.4 Å². The smallest absolute Gasteiger partial charge is 0.203 e. The maximum atomic E-state index is 6.00. The van der Waals surface area contributed by atoms with Gasteiger partial charge in [0.05, 0.1) is 22.0 Å². The predicted octanol–water partition coefficient (Wildman–Crippen LogP) is 5.78. The van der Waals surface area contributed by atoms with Crippen LogP contribution in [-0.4, -0.2) is 11.2 Å². The second-order valence-electron chi connectivity index (χ2n) is 5.27. The van der Waals surface area contributed by atoms with Crippen LogP contribution in [0.1, 0.15) is 16.8 Å². The van der Waals surface area contributed by atoms with Gasteiger partial charge in [0.1, 0.15) is 12.4 Å². The number of hydrogen-bond donors (Lipinski definition) is 1. The summed E-state index contributed by atoms with van der Waals surface area (Å²) in [5.41, 5.74) is 5.81. The standard InChI is InChI=1S/C18H15Cl2N3OS/c1-12-11-25-18(22-12)23-21-9-13-2-5-15(6-3-13)24-10-14-4-7-16(19)17(20)8-14/h2-9,11H,10H2,1H3,(H,22,23)/b21-9-. The van der Waals surface area contributed by atoms with Gasteiger partial charge in [0.25, 0.3) is 0 Å². The van der Waals surface area contributed by atoms with Crippen molar-refractivity contribution in [1.29, 1.82) is 0 Å². The molecule has 128 valence electrons. The van der Waals surface area contributed by atoms with Gasteiger partial charge in [0.15, 0.2) is 0 Å². The number of halogens is 2. The summed E-state index contributed by atoms with van der Waals surface area (Å²) >= 11 is 13.4. The SMILES string of the molecule is Cc1csc(N/N=C\c2ccc(OCc3ccc(Cl)c(Cl)c3)cc2)n1. The van der Waals surface area contributed by atoms with Crippen LogP contribution in [0.4, 0.5) is 5.13 Å². The normalized spacial score (nSPS) is 11.0. The fourth-order valence-corrected chi connectivity index (χ4v) is 2.97. The van der Waals surface area contributed by atoms with Gasteiger partial charge in [-0.1, -0.05) is 29.3 Å². The lowest BCUT2D eigenvalue weighted by atomic mass is 10.2. The minimum absolute atomic E-state index is 0.426. The van der Waals surface area contributed by atoms with Crippen molar-refractivity contribution < 1.29 is 4.74 Å². The van der Waals surface area contributed by atoms with E-state index in [1.54, 1.807) is 18.3 Å². The van der Waals surface area contributed by atoms with Crippen LogP contribution in [0, 0.1) is 6.92 Å². The van der Waals surface area contributed by atoms with Crippen LogP contribution in [0.3, 0.4) is 0 Å². The molecule has 1 heterocycles. The van der Waals surface area contributed by atoms with Crippen molar-refractivity contribution in [2.24, 2.45) is 5.10 Å². The first-order valence-electron chi connectivity index (χ1n) is 7.48. The van der Waals surface area contributed by atoms with Crippen LogP contribution < -0.4 is 10.2 Å². The highest BCUT2D eigenvalue weighted by Gasteiger charge is 2.01. The summed E-state index contributed by atoms with van der Waals surface area (Å²) in [5, 5.41) is 7.98. The van der Waals surface area contributed by atoms with Gasteiger partial charge >= 0.3 is 0 Å². The lowest BCUT2D eigenvalue weighted by Gasteiger charge is -2.07. The summed E-state index contributed by atoms with van der Waals surface area (Å²) in [7, 11) is 0. The molecule has 0 bridgehead atoms. The molecule has 0 spiro atoms. The number of aryl methyl sites for hydroxylation is 1. The van der Waals surface area contributed by atoms with E-state index in [9.17, 15) is 0 Å². The molecule has 7 heteroatoms. The Morgan fingerprint density at radius 1 is 1.16 bits per heavy atom. The van der Waals surface area contributed by atoms with Crippen molar-refractivity contribution in [3.05, 3.63) is 74.7 Å². The quantitative estimate of drug-likeness (QED) is 0.427. The van der Waals surface area contributed by atoms with Crippen molar-refractivity contribution in [3.8, 4) is 5.75 Å². The zero-order valence-electron chi connectivity index (χ0n) is 13.4. The Bertz CT molecular complexity index is 878. The summed E-state index contributed by atoms with van der Waals surface area (Å²) in [6.45, 7) is 2.37. The molecule has 4 nitrogen and oxygen atoms in total. The van der Waals surface area contributed by atoms with Crippen molar-refractivity contribution in [2.75, 3.05) is 5.43 Å². The number of nitrogens with one attached hydrogen (secondary N) is 1. The number of hydrazone groups is 1. The van der Waals surface area contributed by atoms with Gasteiger partial charge in [0, 0.05) is 5.38 Å². The first-order valence-corrected chi connectivity index (χ1v) is 9.12. The summed E-state index contributed by atoms with van der Waals surface area (Å²) in [5.74, 6) is 0.770. The third-order valence-corrected chi connectivity index (χ3v) is 4.87. The summed E-state index contributed by atoms with van der Waals surface area (Å²) in [6, 6.07) is 13.1. The number of hydrogen-bond acceptors (Lipinski definition) is 5. The first kappa shape index (κ1) is 17.7. The molecular weight excluding hydrogens is 377 g/mol. The number of anilines is 1. The third kappa shape index (κ3) is 5.19. The second-order valence-corrected chi connectivity index (χ2v) is 6.94. The number of rotatable bonds is 6. The minimum atomic E-state index is 0.426. The van der Waals surface area contributed by atoms with Gasteiger partial charge < -0.3 is 4.74 Å². The van der Waals surface area contributed by atoms with E-state index in [-0.39, 0.29) is 0 Å². The van der Waals surface area contributed by atoms with Gasteiger partial charge in [-0.2, -0.15) is 5.10 Å². The molecule has 0 atom stereocenters. The van der Waals surface area contributed by atoms with E-state index >= 15 is 0 Å². The van der Waals surface area contributed by atoms with E-state index in [4.69, 9.17) is 27.9 Å². The molecule has 3 rings (SSSR count). The van der Waals surface area contributed by atoms with Crippen LogP contribution in [0.2, 0.25) is 10.0 Å². The molecule has 0 amide bonds. The molecule has 0 aliphatic carbocycles. The predicted molar refractivity (Wildman–Crippen MR) is 105 cm³/mol. The molecule has 0 fully saturated rings. The molecule has 2 aromatic carbocycles. The summed E-state index contributed by atoms with van der Waals surface area (Å²) in [6.07, 6.45) is 1.74. The zero-order valence-corrected chi connectivity index (χ0v) is 15.7. The fraction of sp³-hybridized carbons (Fsp3) is 0.111. The van der Waals surface area contributed by atoms with Crippen molar-refractivity contribution >= 4 is 45.9 Å². The largest absolute Gasteiger partial charge is 0.489 e. The summed E-state index contributed by atoms with van der Waals surface area (Å²) in [4.78, 5) is 4.28. The lowest BCUT2D eigenvalue weighted by molar-refractivity contribution is 0.306. The highest BCUT2D eigenvalue weighted by atomic mass is 35.5. The fourth-order valence-electron chi connectivity index (χ4n) is 2.01. The third-order valence-electron chi connectivity index (χ3n) is 3.26. The molecule has 3 aromatic rings. The molecule has 0 saturated carbocycles. The van der Waals surface area contributed by atoms with Gasteiger partial charge in [-0.25, -0.2) is 4.98 Å². The monoisotopic (exact) mass is 391 g/mol. The number of aromatic nitrogens is 1. The molecule has 0 aliphatic heterocycles. The van der Waals surface area contributed by atoms with Crippen LogP contribution in [0.5, 0.6) is 5.75 Å². The van der Waals surface area contributed by atoms with Gasteiger partial charge in [-0.15, -0.1) is 11.3 Å². The Labute approximate surface area is 160 Å². The topological polar surface area (TPSA) is 46.5 Å². The van der Waals surface area contributed by atoms with Crippen LogP contribution in [0.25, 0.3) is 0 Å². The highest BCUT2D eigenvalue weighted by molar-refractivity contribution is 7.13. The van der Waals surface area contributed by atoms with Crippen molar-refractivity contribution in [3.63, 3.8) is 0 Å². The van der Waals surface area contributed by atoms with E-state index in [0.717, 1.165) is 27.7 Å². The van der Waals surface area contributed by atoms with E-state index < -0.39 is 0 Å². The van der Waals surface area contributed by atoms with E-state index in [0.29, 0.717) is 16.7 Å². The lowest BCUT2D eigenvalue weighted by Crippen LogP contribution is -1.96. The highest BCUT2D eigenvalue weighted by Crippen LogP contribution is 2.23. The summed E-state index contributed by atoms with van der Waals surface area (Å²) < 4.78 is 5.75. The Balaban J connectivity index is 1.53. The average Bonchev–Trinajstić information content (AvgIpc) is 3.02. The molecule has 0 radical (unpaired) electrons. The Morgan fingerprint density at radius 3 is 2.64 bits per heavy atom. The maximum Gasteiger partial charge on any atom is 0.203 e. The molecule has 0 unspecified atom stereocenters. The maximum absolute atomic E-state index is 6.00. The molecule has 0 saturated heterocycles. The number of benzene rings is 2. The molecule has 1 aromatic heterocycles. The minimum Gasteiger partial charge on any atom is -0.489 e.